The van der Waals surface area contributed by atoms with Crippen molar-refractivity contribution in [1.82, 2.24) is 10.2 Å². The molecule has 128 valence electrons. The Morgan fingerprint density at radius 3 is 2.58 bits per heavy atom. The molecule has 0 radical (unpaired) electrons. The summed E-state index contributed by atoms with van der Waals surface area (Å²) in [6.07, 6.45) is 0.906. The van der Waals surface area contributed by atoms with Crippen molar-refractivity contribution in [3.05, 3.63) is 65.7 Å². The molecule has 1 fully saturated rings. The highest BCUT2D eigenvalue weighted by atomic mass is 19.1. The van der Waals surface area contributed by atoms with Gasteiger partial charge in [0.2, 0.25) is 0 Å². The van der Waals surface area contributed by atoms with Gasteiger partial charge in [0.1, 0.15) is 11.6 Å². The maximum Gasteiger partial charge on any atom is 0.128 e. The number of rotatable bonds is 6. The molecule has 2 aromatic carbocycles. The molecule has 1 atom stereocenters. The average Bonchev–Trinajstić information content (AvgIpc) is 2.55. The van der Waals surface area contributed by atoms with Gasteiger partial charge in [0, 0.05) is 50.5 Å². The minimum Gasteiger partial charge on any atom is -0.385 e. The van der Waals surface area contributed by atoms with Gasteiger partial charge in [-0.05, 0) is 24.1 Å². The van der Waals surface area contributed by atoms with Crippen LogP contribution in [-0.2, 0) is 6.54 Å². The molecule has 3 rings (SSSR count). The van der Waals surface area contributed by atoms with Crippen molar-refractivity contribution in [3.63, 3.8) is 0 Å². The Morgan fingerprint density at radius 1 is 1.08 bits per heavy atom. The van der Waals surface area contributed by atoms with Gasteiger partial charge in [-0.15, -0.1) is 0 Å². The lowest BCUT2D eigenvalue weighted by atomic mass is 10.1. The third-order valence-corrected chi connectivity index (χ3v) is 4.27. The molecule has 24 heavy (non-hydrogen) atoms. The monoisotopic (exact) mass is 331 g/mol. The second-order valence-corrected chi connectivity index (χ2v) is 6.25. The minimum atomic E-state index is -0.553. The molecule has 0 amide bonds. The number of nitrogens with one attached hydrogen (secondary N) is 2. The first-order valence-electron chi connectivity index (χ1n) is 8.39. The smallest absolute Gasteiger partial charge is 0.128 e. The minimum absolute atomic E-state index is 0.383. The fourth-order valence-corrected chi connectivity index (χ4v) is 3.12. The summed E-state index contributed by atoms with van der Waals surface area (Å²) in [7, 11) is 0. The lowest BCUT2D eigenvalue weighted by molar-refractivity contribution is 0.189. The van der Waals surface area contributed by atoms with E-state index in [0.717, 1.165) is 38.7 Å². The van der Waals surface area contributed by atoms with Crippen LogP contribution in [0.5, 0.6) is 0 Å². The fraction of sp³-hybridized carbons (Fsp3) is 0.368. The topological polar surface area (TPSA) is 27.3 Å². The number of anilines is 1. The normalized spacial score (nSPS) is 18.5. The molecule has 2 aromatic rings. The number of piperazine rings is 1. The van der Waals surface area contributed by atoms with E-state index in [2.05, 4.69) is 39.8 Å². The number of halogens is 2. The van der Waals surface area contributed by atoms with E-state index in [0.29, 0.717) is 18.3 Å². The molecule has 1 heterocycles. The van der Waals surface area contributed by atoms with Crippen LogP contribution in [0.2, 0.25) is 0 Å². The summed E-state index contributed by atoms with van der Waals surface area (Å²) >= 11 is 0. The van der Waals surface area contributed by atoms with Crippen molar-refractivity contribution in [3.8, 4) is 0 Å². The first kappa shape index (κ1) is 16.9. The van der Waals surface area contributed by atoms with Crippen LogP contribution >= 0.6 is 0 Å². The van der Waals surface area contributed by atoms with Crippen molar-refractivity contribution in [2.75, 3.05) is 31.5 Å². The maximum atomic E-state index is 13.2. The molecule has 3 nitrogen and oxygen atoms in total. The Labute approximate surface area is 141 Å². The van der Waals surface area contributed by atoms with Gasteiger partial charge in [0.15, 0.2) is 0 Å². The zero-order chi connectivity index (χ0) is 16.8. The summed E-state index contributed by atoms with van der Waals surface area (Å²) in [6, 6.07) is 14.4. The Bertz CT molecular complexity index is 628. The average molecular weight is 331 g/mol. The van der Waals surface area contributed by atoms with Gasteiger partial charge in [0.05, 0.1) is 0 Å². The van der Waals surface area contributed by atoms with Gasteiger partial charge in [-0.25, -0.2) is 8.78 Å². The summed E-state index contributed by atoms with van der Waals surface area (Å²) in [5, 5.41) is 6.61. The Morgan fingerprint density at radius 2 is 1.83 bits per heavy atom. The van der Waals surface area contributed by atoms with E-state index in [1.807, 2.05) is 6.07 Å². The summed E-state index contributed by atoms with van der Waals surface area (Å²) in [5.41, 5.74) is 1.82. The number of hydrogen-bond acceptors (Lipinski definition) is 3. The molecule has 1 saturated heterocycles. The highest BCUT2D eigenvalue weighted by Crippen LogP contribution is 2.14. The summed E-state index contributed by atoms with van der Waals surface area (Å²) in [6.45, 7) is 4.62. The zero-order valence-corrected chi connectivity index (χ0v) is 13.6. The van der Waals surface area contributed by atoms with Crippen molar-refractivity contribution in [2.45, 2.75) is 19.0 Å². The highest BCUT2D eigenvalue weighted by molar-refractivity contribution is 5.43. The SMILES string of the molecule is Fc1cc(F)cc(NCCC2CN(Cc3ccccc3)CCN2)c1. The van der Waals surface area contributed by atoms with Gasteiger partial charge >= 0.3 is 0 Å². The third-order valence-electron chi connectivity index (χ3n) is 4.27. The second kappa shape index (κ2) is 8.22. The summed E-state index contributed by atoms with van der Waals surface area (Å²) in [5.74, 6) is -1.11. The van der Waals surface area contributed by atoms with E-state index in [4.69, 9.17) is 0 Å². The first-order valence-corrected chi connectivity index (χ1v) is 8.39. The maximum absolute atomic E-state index is 13.2. The second-order valence-electron chi connectivity index (χ2n) is 6.25. The van der Waals surface area contributed by atoms with Crippen LogP contribution in [-0.4, -0.2) is 37.1 Å². The lowest BCUT2D eigenvalue weighted by Gasteiger charge is -2.34. The van der Waals surface area contributed by atoms with Crippen molar-refractivity contribution in [1.29, 1.82) is 0 Å². The lowest BCUT2D eigenvalue weighted by Crippen LogP contribution is -2.50. The van der Waals surface area contributed by atoms with E-state index in [-0.39, 0.29) is 0 Å². The quantitative estimate of drug-likeness (QED) is 0.851. The number of hydrogen-bond donors (Lipinski definition) is 2. The van der Waals surface area contributed by atoms with Crippen molar-refractivity contribution in [2.24, 2.45) is 0 Å². The Balaban J connectivity index is 1.45. The van der Waals surface area contributed by atoms with Crippen LogP contribution < -0.4 is 10.6 Å². The molecule has 0 saturated carbocycles. The standard InChI is InChI=1S/C19H23F2N3/c20-16-10-17(21)12-19(11-16)22-7-6-18-14-24(9-8-23-18)13-15-4-2-1-3-5-15/h1-5,10-12,18,22-23H,6-9,13-14H2. The molecule has 0 bridgehead atoms. The molecule has 1 aliphatic rings. The summed E-state index contributed by atoms with van der Waals surface area (Å²) in [4.78, 5) is 2.44. The van der Waals surface area contributed by atoms with E-state index in [1.165, 1.54) is 17.7 Å². The molecule has 1 unspecified atom stereocenters. The van der Waals surface area contributed by atoms with Crippen LogP contribution in [0.1, 0.15) is 12.0 Å². The van der Waals surface area contributed by atoms with Crippen LogP contribution in [0.25, 0.3) is 0 Å². The van der Waals surface area contributed by atoms with Gasteiger partial charge < -0.3 is 10.6 Å². The van der Waals surface area contributed by atoms with E-state index in [9.17, 15) is 8.78 Å². The van der Waals surface area contributed by atoms with Crippen molar-refractivity contribution < 1.29 is 8.78 Å². The molecule has 0 aliphatic carbocycles. The molecular weight excluding hydrogens is 308 g/mol. The van der Waals surface area contributed by atoms with E-state index >= 15 is 0 Å². The largest absolute Gasteiger partial charge is 0.385 e. The molecule has 2 N–H and O–H groups in total. The van der Waals surface area contributed by atoms with Gasteiger partial charge in [-0.1, -0.05) is 30.3 Å². The van der Waals surface area contributed by atoms with Crippen LogP contribution in [0.15, 0.2) is 48.5 Å². The third kappa shape index (κ3) is 5.01. The van der Waals surface area contributed by atoms with Crippen LogP contribution in [0.4, 0.5) is 14.5 Å². The molecule has 0 spiro atoms. The molecule has 5 heteroatoms. The first-order chi connectivity index (χ1) is 11.7. The number of nitrogens with zero attached hydrogens (tertiary/aromatic N) is 1. The van der Waals surface area contributed by atoms with Crippen LogP contribution in [0.3, 0.4) is 0 Å². The number of benzene rings is 2. The van der Waals surface area contributed by atoms with Gasteiger partial charge in [-0.2, -0.15) is 0 Å². The van der Waals surface area contributed by atoms with Crippen LogP contribution in [0, 0.1) is 11.6 Å². The van der Waals surface area contributed by atoms with Crippen molar-refractivity contribution >= 4 is 5.69 Å². The molecule has 1 aliphatic heterocycles. The zero-order valence-electron chi connectivity index (χ0n) is 13.6. The molecular formula is C19H23F2N3. The van der Waals surface area contributed by atoms with Gasteiger partial charge in [-0.3, -0.25) is 4.90 Å². The van der Waals surface area contributed by atoms with E-state index < -0.39 is 11.6 Å². The van der Waals surface area contributed by atoms with E-state index in [1.54, 1.807) is 0 Å². The highest BCUT2D eigenvalue weighted by Gasteiger charge is 2.18. The Hall–Kier alpha value is -1.98. The predicted molar refractivity (Wildman–Crippen MR) is 93.0 cm³/mol. The van der Waals surface area contributed by atoms with Gasteiger partial charge in [0.25, 0.3) is 0 Å². The fourth-order valence-electron chi connectivity index (χ4n) is 3.12. The Kier molecular flexibility index (Phi) is 5.77. The summed E-state index contributed by atoms with van der Waals surface area (Å²) < 4.78 is 26.3. The molecule has 0 aromatic heterocycles. The predicted octanol–water partition coefficient (Wildman–Crippen LogP) is 3.24.